The van der Waals surface area contributed by atoms with Gasteiger partial charge in [-0.1, -0.05) is 6.07 Å². The zero-order chi connectivity index (χ0) is 12.5. The van der Waals surface area contributed by atoms with Crippen LogP contribution < -0.4 is 10.6 Å². The molecule has 2 rings (SSSR count). The van der Waals surface area contributed by atoms with Gasteiger partial charge >= 0.3 is 0 Å². The molecule has 1 aliphatic heterocycles. The average Bonchev–Trinajstić information content (AvgIpc) is 2.64. The van der Waals surface area contributed by atoms with Gasteiger partial charge in [-0.25, -0.2) is 0 Å². The lowest BCUT2D eigenvalue weighted by Gasteiger charge is -2.23. The molecule has 2 N–H and O–H groups in total. The largest absolute Gasteiger partial charge is 0.324 e. The normalized spacial score (nSPS) is 23.7. The Balaban J connectivity index is 2.12. The van der Waals surface area contributed by atoms with Gasteiger partial charge in [-0.15, -0.1) is 0 Å². The van der Waals surface area contributed by atoms with Gasteiger partial charge in [-0.2, -0.15) is 0 Å². The number of carbonyl (C=O) groups is 1. The summed E-state index contributed by atoms with van der Waals surface area (Å²) in [6, 6.07) is 6.11. The minimum atomic E-state index is -0.405. The van der Waals surface area contributed by atoms with E-state index in [4.69, 9.17) is 0 Å². The van der Waals surface area contributed by atoms with Crippen LogP contribution >= 0.6 is 0 Å². The van der Waals surface area contributed by atoms with Crippen molar-refractivity contribution in [2.45, 2.75) is 39.2 Å². The fourth-order valence-electron chi connectivity index (χ4n) is 2.40. The lowest BCUT2D eigenvalue weighted by atomic mass is 9.99. The minimum Gasteiger partial charge on any atom is -0.324 e. The molecule has 0 radical (unpaired) electrons. The Labute approximate surface area is 103 Å². The number of carbonyl (C=O) groups excluding carboxylic acids is 1. The van der Waals surface area contributed by atoms with Crippen molar-refractivity contribution in [2.24, 2.45) is 0 Å². The third kappa shape index (κ3) is 2.67. The van der Waals surface area contributed by atoms with Gasteiger partial charge in [-0.05, 0) is 63.4 Å². The van der Waals surface area contributed by atoms with Gasteiger partial charge in [0, 0.05) is 5.69 Å². The summed E-state index contributed by atoms with van der Waals surface area (Å²) in [5.41, 5.74) is 2.83. The Morgan fingerprint density at radius 1 is 1.29 bits per heavy atom. The van der Waals surface area contributed by atoms with Crippen LogP contribution in [0, 0.1) is 13.8 Å². The molecular formula is C14H20N2O. The fourth-order valence-corrected chi connectivity index (χ4v) is 2.40. The quantitative estimate of drug-likeness (QED) is 0.822. The van der Waals surface area contributed by atoms with Crippen LogP contribution in [0.1, 0.15) is 30.9 Å². The highest BCUT2D eigenvalue weighted by Crippen LogP contribution is 2.21. The van der Waals surface area contributed by atoms with Crippen LogP contribution in [0.3, 0.4) is 0 Å². The van der Waals surface area contributed by atoms with Gasteiger partial charge in [0.05, 0.1) is 5.54 Å². The molecule has 1 aromatic rings. The number of aryl methyl sites for hydroxylation is 2. The monoisotopic (exact) mass is 232 g/mol. The second-order valence-electron chi connectivity index (χ2n) is 5.19. The molecular weight excluding hydrogens is 212 g/mol. The lowest BCUT2D eigenvalue weighted by Crippen LogP contribution is -2.47. The van der Waals surface area contributed by atoms with Crippen molar-refractivity contribution in [1.29, 1.82) is 0 Å². The lowest BCUT2D eigenvalue weighted by molar-refractivity contribution is -0.121. The summed E-state index contributed by atoms with van der Waals surface area (Å²) in [5.74, 6) is 0.0694. The van der Waals surface area contributed by atoms with E-state index in [0.29, 0.717) is 0 Å². The second kappa shape index (κ2) is 4.49. The maximum absolute atomic E-state index is 12.2. The molecule has 1 saturated heterocycles. The molecule has 0 aromatic heterocycles. The van der Waals surface area contributed by atoms with E-state index in [1.807, 2.05) is 32.9 Å². The van der Waals surface area contributed by atoms with E-state index in [1.165, 1.54) is 11.1 Å². The first kappa shape index (κ1) is 12.1. The molecule has 0 bridgehead atoms. The molecule has 1 amide bonds. The van der Waals surface area contributed by atoms with Crippen LogP contribution in [0.4, 0.5) is 5.69 Å². The first-order valence-corrected chi connectivity index (χ1v) is 6.14. The molecule has 3 heteroatoms. The average molecular weight is 232 g/mol. The minimum absolute atomic E-state index is 0.0694. The molecule has 0 saturated carbocycles. The van der Waals surface area contributed by atoms with Gasteiger partial charge in [0.15, 0.2) is 0 Å². The molecule has 1 atom stereocenters. The smallest absolute Gasteiger partial charge is 0.244 e. The zero-order valence-corrected chi connectivity index (χ0v) is 10.8. The van der Waals surface area contributed by atoms with Gasteiger partial charge < -0.3 is 10.6 Å². The summed E-state index contributed by atoms with van der Waals surface area (Å²) in [6.07, 6.45) is 1.97. The molecule has 1 aromatic carbocycles. The molecule has 3 nitrogen and oxygen atoms in total. The first-order valence-electron chi connectivity index (χ1n) is 6.14. The van der Waals surface area contributed by atoms with Gasteiger partial charge in [0.25, 0.3) is 0 Å². The summed E-state index contributed by atoms with van der Waals surface area (Å²) in [5, 5.41) is 6.27. The highest BCUT2D eigenvalue weighted by Gasteiger charge is 2.35. The number of nitrogens with one attached hydrogen (secondary N) is 2. The topological polar surface area (TPSA) is 41.1 Å². The molecule has 1 fully saturated rings. The Kier molecular flexibility index (Phi) is 3.20. The third-order valence-electron chi connectivity index (χ3n) is 3.35. The van der Waals surface area contributed by atoms with Crippen molar-refractivity contribution in [1.82, 2.24) is 5.32 Å². The van der Waals surface area contributed by atoms with Crippen LogP contribution in [-0.2, 0) is 4.79 Å². The number of benzene rings is 1. The number of hydrogen-bond donors (Lipinski definition) is 2. The number of hydrogen-bond acceptors (Lipinski definition) is 2. The van der Waals surface area contributed by atoms with Crippen molar-refractivity contribution in [3.8, 4) is 0 Å². The molecule has 1 unspecified atom stereocenters. The Hall–Kier alpha value is -1.35. The second-order valence-corrected chi connectivity index (χ2v) is 5.19. The highest BCUT2D eigenvalue weighted by atomic mass is 16.2. The van der Waals surface area contributed by atoms with E-state index in [9.17, 15) is 4.79 Å². The van der Waals surface area contributed by atoms with Crippen molar-refractivity contribution in [3.63, 3.8) is 0 Å². The highest BCUT2D eigenvalue weighted by molar-refractivity contribution is 5.98. The molecule has 92 valence electrons. The SMILES string of the molecule is Cc1cc(C)cc(NC(=O)C2(C)CCCN2)c1. The van der Waals surface area contributed by atoms with Crippen molar-refractivity contribution in [2.75, 3.05) is 11.9 Å². The molecule has 1 aliphatic rings. The first-order chi connectivity index (χ1) is 7.99. The fraction of sp³-hybridized carbons (Fsp3) is 0.500. The standard InChI is InChI=1S/C14H20N2O/c1-10-7-11(2)9-12(8-10)16-13(17)14(3)5-4-6-15-14/h7-9,15H,4-6H2,1-3H3,(H,16,17). The summed E-state index contributed by atoms with van der Waals surface area (Å²) < 4.78 is 0. The third-order valence-corrected chi connectivity index (χ3v) is 3.35. The molecule has 0 aliphatic carbocycles. The van der Waals surface area contributed by atoms with Crippen molar-refractivity contribution in [3.05, 3.63) is 29.3 Å². The van der Waals surface area contributed by atoms with Gasteiger partial charge in [0.1, 0.15) is 0 Å². The molecule has 17 heavy (non-hydrogen) atoms. The molecule has 0 spiro atoms. The Bertz CT molecular complexity index is 414. The van der Waals surface area contributed by atoms with Crippen LogP contribution in [-0.4, -0.2) is 18.0 Å². The van der Waals surface area contributed by atoms with Crippen LogP contribution in [0.25, 0.3) is 0 Å². The van der Waals surface area contributed by atoms with Crippen LogP contribution in [0.2, 0.25) is 0 Å². The van der Waals surface area contributed by atoms with Gasteiger partial charge in [-0.3, -0.25) is 4.79 Å². The Morgan fingerprint density at radius 3 is 2.47 bits per heavy atom. The van der Waals surface area contributed by atoms with E-state index >= 15 is 0 Å². The summed E-state index contributed by atoms with van der Waals surface area (Å²) in [6.45, 7) is 6.98. The predicted molar refractivity (Wildman–Crippen MR) is 70.2 cm³/mol. The summed E-state index contributed by atoms with van der Waals surface area (Å²) in [4.78, 5) is 12.2. The summed E-state index contributed by atoms with van der Waals surface area (Å²) >= 11 is 0. The maximum atomic E-state index is 12.2. The van der Waals surface area contributed by atoms with E-state index < -0.39 is 5.54 Å². The van der Waals surface area contributed by atoms with Gasteiger partial charge in [0.2, 0.25) is 5.91 Å². The van der Waals surface area contributed by atoms with Crippen molar-refractivity contribution < 1.29 is 4.79 Å². The zero-order valence-electron chi connectivity index (χ0n) is 10.8. The van der Waals surface area contributed by atoms with Crippen LogP contribution in [0.15, 0.2) is 18.2 Å². The van der Waals surface area contributed by atoms with E-state index in [1.54, 1.807) is 0 Å². The van der Waals surface area contributed by atoms with Crippen molar-refractivity contribution >= 4 is 11.6 Å². The number of amides is 1. The maximum Gasteiger partial charge on any atom is 0.244 e. The van der Waals surface area contributed by atoms with E-state index in [2.05, 4.69) is 16.7 Å². The number of rotatable bonds is 2. The number of anilines is 1. The van der Waals surface area contributed by atoms with Crippen LogP contribution in [0.5, 0.6) is 0 Å². The van der Waals surface area contributed by atoms with E-state index in [0.717, 1.165) is 25.1 Å². The molecule has 1 heterocycles. The summed E-state index contributed by atoms with van der Waals surface area (Å²) in [7, 11) is 0. The van der Waals surface area contributed by atoms with E-state index in [-0.39, 0.29) is 5.91 Å². The Morgan fingerprint density at radius 2 is 1.94 bits per heavy atom. The predicted octanol–water partition coefficient (Wildman–Crippen LogP) is 2.38.